The maximum atomic E-state index is 12.7. The maximum Gasteiger partial charge on any atom is 0.259 e. The number of carbonyl (C=O) groups is 1. The number of anilines is 1. The van der Waals surface area contributed by atoms with Gasteiger partial charge >= 0.3 is 0 Å². The first kappa shape index (κ1) is 16.0. The first-order valence-electron chi connectivity index (χ1n) is 6.62. The fraction of sp³-hybridized carbons (Fsp3) is 0.125. The van der Waals surface area contributed by atoms with E-state index in [4.69, 9.17) is 11.6 Å². The van der Waals surface area contributed by atoms with E-state index in [0.29, 0.717) is 10.6 Å². The first-order valence-corrected chi connectivity index (χ1v) is 7.00. The SMILES string of the molecule is Cc1cc(Cl)ccc1NCC(=O)NN=Cc1ccc(F)cc1. The highest BCUT2D eigenvalue weighted by Crippen LogP contribution is 2.19. The smallest absolute Gasteiger partial charge is 0.259 e. The van der Waals surface area contributed by atoms with Gasteiger partial charge in [0.1, 0.15) is 5.82 Å². The summed E-state index contributed by atoms with van der Waals surface area (Å²) in [4.78, 5) is 11.7. The Balaban J connectivity index is 1.81. The van der Waals surface area contributed by atoms with Crippen molar-refractivity contribution in [3.05, 3.63) is 64.4 Å². The van der Waals surface area contributed by atoms with E-state index in [1.807, 2.05) is 19.1 Å². The highest BCUT2D eigenvalue weighted by Gasteiger charge is 2.02. The molecule has 114 valence electrons. The third kappa shape index (κ3) is 4.86. The fourth-order valence-electron chi connectivity index (χ4n) is 1.77. The lowest BCUT2D eigenvalue weighted by Crippen LogP contribution is -2.26. The van der Waals surface area contributed by atoms with Crippen LogP contribution in [-0.2, 0) is 4.79 Å². The lowest BCUT2D eigenvalue weighted by Gasteiger charge is -2.08. The predicted octanol–water partition coefficient (Wildman–Crippen LogP) is 3.35. The lowest BCUT2D eigenvalue weighted by molar-refractivity contribution is -0.119. The van der Waals surface area contributed by atoms with Gasteiger partial charge in [-0.25, -0.2) is 9.82 Å². The summed E-state index contributed by atoms with van der Waals surface area (Å²) in [7, 11) is 0. The Morgan fingerprint density at radius 1 is 1.27 bits per heavy atom. The van der Waals surface area contributed by atoms with Gasteiger partial charge in [0.25, 0.3) is 5.91 Å². The van der Waals surface area contributed by atoms with Gasteiger partial charge in [-0.1, -0.05) is 23.7 Å². The van der Waals surface area contributed by atoms with E-state index in [9.17, 15) is 9.18 Å². The predicted molar refractivity (Wildman–Crippen MR) is 86.8 cm³/mol. The number of amides is 1. The molecule has 2 N–H and O–H groups in total. The Kier molecular flexibility index (Phi) is 5.49. The molecule has 6 heteroatoms. The van der Waals surface area contributed by atoms with Crippen molar-refractivity contribution in [2.45, 2.75) is 6.92 Å². The third-order valence-electron chi connectivity index (χ3n) is 2.90. The van der Waals surface area contributed by atoms with Gasteiger partial charge in [0, 0.05) is 10.7 Å². The van der Waals surface area contributed by atoms with Crippen LogP contribution in [0.3, 0.4) is 0 Å². The van der Waals surface area contributed by atoms with E-state index in [1.54, 1.807) is 18.2 Å². The molecular formula is C16H15ClFN3O. The van der Waals surface area contributed by atoms with Crippen LogP contribution < -0.4 is 10.7 Å². The molecule has 0 radical (unpaired) electrons. The highest BCUT2D eigenvalue weighted by molar-refractivity contribution is 6.30. The van der Waals surface area contributed by atoms with Gasteiger partial charge < -0.3 is 5.32 Å². The van der Waals surface area contributed by atoms with E-state index in [1.165, 1.54) is 18.3 Å². The van der Waals surface area contributed by atoms with Crippen LogP contribution in [0.1, 0.15) is 11.1 Å². The number of hydrogen-bond acceptors (Lipinski definition) is 3. The first-order chi connectivity index (χ1) is 10.5. The second-order valence-electron chi connectivity index (χ2n) is 4.66. The van der Waals surface area contributed by atoms with E-state index in [-0.39, 0.29) is 18.3 Å². The van der Waals surface area contributed by atoms with Crippen molar-refractivity contribution in [2.24, 2.45) is 5.10 Å². The Hall–Kier alpha value is -2.40. The van der Waals surface area contributed by atoms with Gasteiger partial charge in [0.05, 0.1) is 12.8 Å². The van der Waals surface area contributed by atoms with Crippen molar-refractivity contribution in [1.29, 1.82) is 0 Å². The number of hydrogen-bond donors (Lipinski definition) is 2. The monoisotopic (exact) mass is 319 g/mol. The summed E-state index contributed by atoms with van der Waals surface area (Å²) in [6, 6.07) is 11.2. The second-order valence-corrected chi connectivity index (χ2v) is 5.09. The highest BCUT2D eigenvalue weighted by atomic mass is 35.5. The minimum Gasteiger partial charge on any atom is -0.376 e. The number of benzene rings is 2. The third-order valence-corrected chi connectivity index (χ3v) is 3.14. The summed E-state index contributed by atoms with van der Waals surface area (Å²) in [6.45, 7) is 1.99. The molecule has 0 spiro atoms. The number of nitrogens with one attached hydrogen (secondary N) is 2. The summed E-state index contributed by atoms with van der Waals surface area (Å²) in [6.07, 6.45) is 1.45. The zero-order valence-corrected chi connectivity index (χ0v) is 12.7. The summed E-state index contributed by atoms with van der Waals surface area (Å²) in [5, 5.41) is 7.46. The molecule has 0 atom stereocenters. The van der Waals surface area contributed by atoms with Crippen molar-refractivity contribution in [1.82, 2.24) is 5.43 Å². The zero-order chi connectivity index (χ0) is 15.9. The van der Waals surface area contributed by atoms with Gasteiger partial charge in [0.15, 0.2) is 0 Å². The van der Waals surface area contributed by atoms with Crippen molar-refractivity contribution < 1.29 is 9.18 Å². The number of halogens is 2. The molecule has 0 fully saturated rings. The number of rotatable bonds is 5. The van der Waals surface area contributed by atoms with E-state index >= 15 is 0 Å². The van der Waals surface area contributed by atoms with Gasteiger partial charge in [-0.2, -0.15) is 5.10 Å². The van der Waals surface area contributed by atoms with Crippen LogP contribution in [0.25, 0.3) is 0 Å². The van der Waals surface area contributed by atoms with Gasteiger partial charge in [-0.05, 0) is 48.4 Å². The molecule has 0 aliphatic rings. The molecule has 4 nitrogen and oxygen atoms in total. The minimum atomic E-state index is -0.316. The Morgan fingerprint density at radius 2 is 2.00 bits per heavy atom. The lowest BCUT2D eigenvalue weighted by atomic mass is 10.2. The number of aryl methyl sites for hydroxylation is 1. The van der Waals surface area contributed by atoms with E-state index in [0.717, 1.165) is 11.3 Å². The van der Waals surface area contributed by atoms with Crippen molar-refractivity contribution in [3.8, 4) is 0 Å². The molecule has 0 aliphatic carbocycles. The Labute approximate surface area is 133 Å². The molecule has 0 heterocycles. The molecule has 0 saturated heterocycles. The number of hydrazone groups is 1. The molecule has 2 aromatic carbocycles. The van der Waals surface area contributed by atoms with Gasteiger partial charge in [0.2, 0.25) is 0 Å². The normalized spacial score (nSPS) is 10.7. The minimum absolute atomic E-state index is 0.0865. The van der Waals surface area contributed by atoms with E-state index < -0.39 is 0 Å². The molecule has 22 heavy (non-hydrogen) atoms. The number of nitrogens with zero attached hydrogens (tertiary/aromatic N) is 1. The maximum absolute atomic E-state index is 12.7. The molecule has 2 aromatic rings. The topological polar surface area (TPSA) is 53.5 Å². The number of carbonyl (C=O) groups excluding carboxylic acids is 1. The average molecular weight is 320 g/mol. The molecule has 1 amide bonds. The second kappa shape index (κ2) is 7.56. The molecule has 0 saturated carbocycles. The van der Waals surface area contributed by atoms with Gasteiger partial charge in [-0.3, -0.25) is 4.79 Å². The summed E-state index contributed by atoms with van der Waals surface area (Å²) in [5.41, 5.74) is 4.88. The van der Waals surface area contributed by atoms with Crippen LogP contribution in [0, 0.1) is 12.7 Å². The van der Waals surface area contributed by atoms with Crippen LogP contribution in [0.4, 0.5) is 10.1 Å². The quantitative estimate of drug-likeness (QED) is 0.656. The Bertz CT molecular complexity index is 686. The molecule has 2 rings (SSSR count). The summed E-state index contributed by atoms with van der Waals surface area (Å²) in [5.74, 6) is -0.601. The van der Waals surface area contributed by atoms with Gasteiger partial charge in [-0.15, -0.1) is 0 Å². The Morgan fingerprint density at radius 3 is 2.68 bits per heavy atom. The molecule has 0 aliphatic heterocycles. The molecular weight excluding hydrogens is 305 g/mol. The van der Waals surface area contributed by atoms with Crippen LogP contribution in [-0.4, -0.2) is 18.7 Å². The van der Waals surface area contributed by atoms with Crippen LogP contribution in [0.2, 0.25) is 5.02 Å². The van der Waals surface area contributed by atoms with Crippen LogP contribution in [0.15, 0.2) is 47.6 Å². The van der Waals surface area contributed by atoms with Crippen molar-refractivity contribution in [3.63, 3.8) is 0 Å². The average Bonchev–Trinajstić information content (AvgIpc) is 2.48. The largest absolute Gasteiger partial charge is 0.376 e. The summed E-state index contributed by atoms with van der Waals surface area (Å²) >= 11 is 5.87. The molecule has 0 aromatic heterocycles. The van der Waals surface area contributed by atoms with Crippen LogP contribution in [0.5, 0.6) is 0 Å². The fourth-order valence-corrected chi connectivity index (χ4v) is 1.99. The zero-order valence-electron chi connectivity index (χ0n) is 11.9. The molecule has 0 bridgehead atoms. The van der Waals surface area contributed by atoms with Crippen molar-refractivity contribution in [2.75, 3.05) is 11.9 Å². The molecule has 0 unspecified atom stereocenters. The summed E-state index contributed by atoms with van der Waals surface area (Å²) < 4.78 is 12.7. The standard InChI is InChI=1S/C16H15ClFN3O/c1-11-8-13(17)4-7-15(11)19-10-16(22)21-20-9-12-2-5-14(18)6-3-12/h2-9,19H,10H2,1H3,(H,21,22). The van der Waals surface area contributed by atoms with Crippen molar-refractivity contribution >= 4 is 29.4 Å². The van der Waals surface area contributed by atoms with Crippen LogP contribution >= 0.6 is 11.6 Å². The van der Waals surface area contributed by atoms with E-state index in [2.05, 4.69) is 15.8 Å².